The molecule has 0 aliphatic carbocycles. The van der Waals surface area contributed by atoms with Gasteiger partial charge in [-0.15, -0.1) is 0 Å². The zero-order valence-corrected chi connectivity index (χ0v) is 16.0. The predicted molar refractivity (Wildman–Crippen MR) is 101 cm³/mol. The van der Waals surface area contributed by atoms with Gasteiger partial charge in [-0.25, -0.2) is 9.59 Å². The molecule has 0 saturated heterocycles. The van der Waals surface area contributed by atoms with Crippen LogP contribution in [-0.4, -0.2) is 34.5 Å². The van der Waals surface area contributed by atoms with Crippen molar-refractivity contribution < 1.29 is 28.8 Å². The molecule has 0 radical (unpaired) electrons. The molecule has 1 aliphatic heterocycles. The Morgan fingerprint density at radius 3 is 2.07 bits per heavy atom. The molecule has 0 unspecified atom stereocenters. The number of carbonyl (C=O) groups is 4. The van der Waals surface area contributed by atoms with Gasteiger partial charge in [0.2, 0.25) is 0 Å². The van der Waals surface area contributed by atoms with Gasteiger partial charge in [-0.3, -0.25) is 9.59 Å². The summed E-state index contributed by atoms with van der Waals surface area (Å²) < 4.78 is 5.13. The molecule has 0 spiro atoms. The van der Waals surface area contributed by atoms with Crippen LogP contribution in [-0.2, 0) is 21.0 Å². The number of benzene rings is 2. The number of fused-ring (bicyclic) bond motifs is 1. The minimum absolute atomic E-state index is 0.0856. The second-order valence-electron chi connectivity index (χ2n) is 7.16. The van der Waals surface area contributed by atoms with Gasteiger partial charge in [-0.05, 0) is 31.5 Å². The van der Waals surface area contributed by atoms with Crippen LogP contribution in [0.25, 0.3) is 0 Å². The molecule has 0 saturated carbocycles. The molecule has 0 fully saturated rings. The van der Waals surface area contributed by atoms with Gasteiger partial charge in [0.1, 0.15) is 6.61 Å². The number of rotatable bonds is 6. The number of hydroxylamine groups is 2. The molecule has 29 heavy (non-hydrogen) atoms. The zero-order chi connectivity index (χ0) is 21.0. The standard InChI is InChI=1S/C21H20N2O6/c1-21(2,22-20(27)28-13-14-8-4-3-5-9-14)12-17(24)29-23-18(25)15-10-6-7-11-16(15)19(23)26/h3-11H,12-13H2,1-2H3,(H,22,27). The monoisotopic (exact) mass is 396 g/mol. The highest BCUT2D eigenvalue weighted by molar-refractivity contribution is 6.20. The van der Waals surface area contributed by atoms with Crippen LogP contribution in [0.15, 0.2) is 54.6 Å². The Morgan fingerprint density at radius 2 is 1.48 bits per heavy atom. The third-order valence-corrected chi connectivity index (χ3v) is 4.19. The fourth-order valence-corrected chi connectivity index (χ4v) is 2.82. The van der Waals surface area contributed by atoms with Gasteiger partial charge in [-0.1, -0.05) is 47.5 Å². The third-order valence-electron chi connectivity index (χ3n) is 4.19. The topological polar surface area (TPSA) is 102 Å². The number of imide groups is 1. The van der Waals surface area contributed by atoms with E-state index < -0.39 is 29.4 Å². The van der Waals surface area contributed by atoms with Crippen LogP contribution >= 0.6 is 0 Å². The number of ether oxygens (including phenoxy) is 1. The second-order valence-corrected chi connectivity index (χ2v) is 7.16. The average molecular weight is 396 g/mol. The van der Waals surface area contributed by atoms with Gasteiger partial charge in [0, 0.05) is 5.54 Å². The maximum Gasteiger partial charge on any atom is 0.407 e. The largest absolute Gasteiger partial charge is 0.445 e. The molecule has 0 bridgehead atoms. The molecule has 2 aromatic rings. The van der Waals surface area contributed by atoms with Crippen molar-refractivity contribution in [1.29, 1.82) is 0 Å². The molecule has 0 aromatic heterocycles. The summed E-state index contributed by atoms with van der Waals surface area (Å²) in [7, 11) is 0. The number of nitrogens with one attached hydrogen (secondary N) is 1. The van der Waals surface area contributed by atoms with Crippen molar-refractivity contribution in [3.63, 3.8) is 0 Å². The number of amides is 3. The fourth-order valence-electron chi connectivity index (χ4n) is 2.82. The molecule has 1 N–H and O–H groups in total. The van der Waals surface area contributed by atoms with E-state index in [0.717, 1.165) is 5.56 Å². The molecule has 1 heterocycles. The first-order chi connectivity index (χ1) is 13.8. The normalized spacial score (nSPS) is 13.1. The van der Waals surface area contributed by atoms with Gasteiger partial charge >= 0.3 is 12.1 Å². The summed E-state index contributed by atoms with van der Waals surface area (Å²) in [6.07, 6.45) is -0.978. The fraction of sp³-hybridized carbons (Fsp3) is 0.238. The molecule has 1 aliphatic rings. The molecule has 8 heteroatoms. The van der Waals surface area contributed by atoms with Crippen LogP contribution in [0, 0.1) is 0 Å². The van der Waals surface area contributed by atoms with E-state index in [2.05, 4.69) is 5.32 Å². The highest BCUT2D eigenvalue weighted by Crippen LogP contribution is 2.23. The van der Waals surface area contributed by atoms with Crippen molar-refractivity contribution >= 4 is 23.9 Å². The SMILES string of the molecule is CC(C)(CC(=O)ON1C(=O)c2ccccc2C1=O)NC(=O)OCc1ccccc1. The van der Waals surface area contributed by atoms with Crippen LogP contribution < -0.4 is 5.32 Å². The number of hydrogen-bond donors (Lipinski definition) is 1. The minimum Gasteiger partial charge on any atom is -0.445 e. The van der Waals surface area contributed by atoms with E-state index in [9.17, 15) is 19.2 Å². The van der Waals surface area contributed by atoms with E-state index in [1.54, 1.807) is 26.0 Å². The van der Waals surface area contributed by atoms with Crippen LogP contribution in [0.5, 0.6) is 0 Å². The van der Waals surface area contributed by atoms with E-state index in [4.69, 9.17) is 9.57 Å². The summed E-state index contributed by atoms with van der Waals surface area (Å²) >= 11 is 0. The van der Waals surface area contributed by atoms with Crippen LogP contribution in [0.1, 0.15) is 46.5 Å². The highest BCUT2D eigenvalue weighted by Gasteiger charge is 2.39. The quantitative estimate of drug-likeness (QED) is 0.754. The lowest BCUT2D eigenvalue weighted by Gasteiger charge is -2.25. The molecule has 8 nitrogen and oxygen atoms in total. The van der Waals surface area contributed by atoms with Crippen molar-refractivity contribution in [2.75, 3.05) is 0 Å². The Morgan fingerprint density at radius 1 is 0.931 bits per heavy atom. The Bertz CT molecular complexity index is 920. The van der Waals surface area contributed by atoms with Gasteiger partial charge in [0.15, 0.2) is 0 Å². The number of carbonyl (C=O) groups excluding carboxylic acids is 4. The first-order valence-corrected chi connectivity index (χ1v) is 8.94. The Labute approximate surface area is 167 Å². The van der Waals surface area contributed by atoms with E-state index in [1.165, 1.54) is 12.1 Å². The lowest BCUT2D eigenvalue weighted by atomic mass is 10.0. The summed E-state index contributed by atoms with van der Waals surface area (Å²) in [5, 5.41) is 3.01. The Balaban J connectivity index is 1.52. The van der Waals surface area contributed by atoms with E-state index in [0.29, 0.717) is 5.06 Å². The molecule has 150 valence electrons. The van der Waals surface area contributed by atoms with Crippen molar-refractivity contribution in [1.82, 2.24) is 10.4 Å². The van der Waals surface area contributed by atoms with E-state index in [-0.39, 0.29) is 24.2 Å². The van der Waals surface area contributed by atoms with Crippen molar-refractivity contribution in [2.45, 2.75) is 32.4 Å². The smallest absolute Gasteiger partial charge is 0.407 e. The molecular formula is C21H20N2O6. The van der Waals surface area contributed by atoms with Gasteiger partial charge in [-0.2, -0.15) is 0 Å². The summed E-state index contributed by atoms with van der Waals surface area (Å²) in [6, 6.07) is 15.3. The molecule has 3 amide bonds. The molecule has 2 aromatic carbocycles. The maximum atomic E-state index is 12.3. The first kappa shape index (κ1) is 20.1. The number of alkyl carbamates (subject to hydrolysis) is 1. The van der Waals surface area contributed by atoms with Gasteiger partial charge in [0.25, 0.3) is 11.8 Å². The van der Waals surface area contributed by atoms with Gasteiger partial charge < -0.3 is 14.9 Å². The second kappa shape index (κ2) is 8.14. The lowest BCUT2D eigenvalue weighted by molar-refractivity contribution is -0.169. The Kier molecular flexibility index (Phi) is 5.63. The van der Waals surface area contributed by atoms with Crippen LogP contribution in [0.2, 0.25) is 0 Å². The molecular weight excluding hydrogens is 376 g/mol. The van der Waals surface area contributed by atoms with Crippen molar-refractivity contribution in [2.24, 2.45) is 0 Å². The van der Waals surface area contributed by atoms with E-state index >= 15 is 0 Å². The summed E-state index contributed by atoms with van der Waals surface area (Å²) in [4.78, 5) is 53.7. The zero-order valence-electron chi connectivity index (χ0n) is 16.0. The van der Waals surface area contributed by atoms with E-state index in [1.807, 2.05) is 30.3 Å². The summed E-state index contributed by atoms with van der Waals surface area (Å²) in [6.45, 7) is 3.28. The minimum atomic E-state index is -1.02. The third kappa shape index (κ3) is 4.78. The highest BCUT2D eigenvalue weighted by atomic mass is 16.7. The first-order valence-electron chi connectivity index (χ1n) is 8.94. The summed E-state index contributed by atoms with van der Waals surface area (Å²) in [5.41, 5.74) is 0.147. The van der Waals surface area contributed by atoms with Crippen LogP contribution in [0.4, 0.5) is 4.79 Å². The lowest BCUT2D eigenvalue weighted by Crippen LogP contribution is -2.46. The molecule has 0 atom stereocenters. The van der Waals surface area contributed by atoms with Gasteiger partial charge in [0.05, 0.1) is 17.5 Å². The molecule has 3 rings (SSSR count). The average Bonchev–Trinajstić information content (AvgIpc) is 2.91. The number of hydrogen-bond acceptors (Lipinski definition) is 6. The van der Waals surface area contributed by atoms with Crippen molar-refractivity contribution in [3.8, 4) is 0 Å². The van der Waals surface area contributed by atoms with Crippen LogP contribution in [0.3, 0.4) is 0 Å². The Hall–Kier alpha value is -3.68. The maximum absolute atomic E-state index is 12.3. The number of nitrogens with zero attached hydrogens (tertiary/aromatic N) is 1. The predicted octanol–water partition coefficient (Wildman–Crippen LogP) is 2.84. The summed E-state index contributed by atoms with van der Waals surface area (Å²) in [5.74, 6) is -2.24. The van der Waals surface area contributed by atoms with Crippen molar-refractivity contribution in [3.05, 3.63) is 71.3 Å².